The molecule has 3 rings (SSSR count). The Balaban J connectivity index is 1.99. The molecule has 0 spiro atoms. The lowest BCUT2D eigenvalue weighted by molar-refractivity contribution is 0.568. The van der Waals surface area contributed by atoms with E-state index in [4.69, 9.17) is 0 Å². The molecule has 0 saturated carbocycles. The van der Waals surface area contributed by atoms with Gasteiger partial charge in [-0.25, -0.2) is 12.8 Å². The summed E-state index contributed by atoms with van der Waals surface area (Å²) in [6.07, 6.45) is 1.61. The Bertz CT molecular complexity index is 938. The Labute approximate surface area is 138 Å². The lowest BCUT2D eigenvalue weighted by Crippen LogP contribution is -2.13. The normalized spacial score (nSPS) is 11.6. The Morgan fingerprint density at radius 2 is 1.83 bits per heavy atom. The van der Waals surface area contributed by atoms with Crippen LogP contribution in [-0.4, -0.2) is 28.2 Å². The van der Waals surface area contributed by atoms with E-state index in [1.54, 1.807) is 24.4 Å². The van der Waals surface area contributed by atoms with Crippen molar-refractivity contribution >= 4 is 9.84 Å². The summed E-state index contributed by atoms with van der Waals surface area (Å²) in [4.78, 5) is 4.19. The Kier molecular flexibility index (Phi) is 4.39. The van der Waals surface area contributed by atoms with E-state index in [0.29, 0.717) is 23.6 Å². The largest absolute Gasteiger partial charge is 0.297 e. The zero-order valence-electron chi connectivity index (χ0n) is 12.9. The van der Waals surface area contributed by atoms with Crippen LogP contribution in [0, 0.1) is 5.82 Å². The average Bonchev–Trinajstić information content (AvgIpc) is 3.02. The minimum atomic E-state index is -3.72. The molecule has 0 bridgehead atoms. The predicted molar refractivity (Wildman–Crippen MR) is 86.2 cm³/mol. The first kappa shape index (κ1) is 16.3. The van der Waals surface area contributed by atoms with E-state index in [9.17, 15) is 12.8 Å². The summed E-state index contributed by atoms with van der Waals surface area (Å²) in [6, 6.07) is 10.7. The molecule has 8 heteroatoms. The zero-order chi connectivity index (χ0) is 17.2. The van der Waals surface area contributed by atoms with Crippen LogP contribution in [0.2, 0.25) is 0 Å². The number of rotatable bonds is 5. The Morgan fingerprint density at radius 1 is 1.08 bits per heavy atom. The topological polar surface area (TPSA) is 77.7 Å². The molecule has 3 aromatic rings. The van der Waals surface area contributed by atoms with Crippen LogP contribution < -0.4 is 0 Å². The maximum Gasteiger partial charge on any atom is 0.250 e. The molecule has 2 heterocycles. The molecule has 0 unspecified atom stereocenters. The number of pyridine rings is 1. The molecule has 0 N–H and O–H groups in total. The standard InChI is InChI=1S/C16H15FN4O2S/c1-2-21-15(14-5-3-4-10-18-14)19-20-16(21)24(22,23)11-12-6-8-13(17)9-7-12/h3-10H,2,11H2,1H3. The fourth-order valence-electron chi connectivity index (χ4n) is 2.35. The second kappa shape index (κ2) is 6.48. The van der Waals surface area contributed by atoms with Crippen LogP contribution in [0.4, 0.5) is 4.39 Å². The fraction of sp³-hybridized carbons (Fsp3) is 0.188. The molecule has 0 aliphatic carbocycles. The highest BCUT2D eigenvalue weighted by atomic mass is 32.2. The lowest BCUT2D eigenvalue weighted by Gasteiger charge is -2.08. The van der Waals surface area contributed by atoms with Gasteiger partial charge in [-0.3, -0.25) is 9.55 Å². The van der Waals surface area contributed by atoms with Crippen molar-refractivity contribution in [1.29, 1.82) is 0 Å². The number of halogens is 1. The summed E-state index contributed by atoms with van der Waals surface area (Å²) in [6.45, 7) is 2.20. The van der Waals surface area contributed by atoms with Gasteiger partial charge >= 0.3 is 0 Å². The highest BCUT2D eigenvalue weighted by Crippen LogP contribution is 2.21. The van der Waals surface area contributed by atoms with Crippen molar-refractivity contribution < 1.29 is 12.8 Å². The van der Waals surface area contributed by atoms with Crippen LogP contribution >= 0.6 is 0 Å². The van der Waals surface area contributed by atoms with Gasteiger partial charge in [-0.15, -0.1) is 10.2 Å². The minimum Gasteiger partial charge on any atom is -0.297 e. The van der Waals surface area contributed by atoms with Crippen molar-refractivity contribution in [3.63, 3.8) is 0 Å². The Hall–Kier alpha value is -2.61. The molecule has 0 saturated heterocycles. The zero-order valence-corrected chi connectivity index (χ0v) is 13.7. The van der Waals surface area contributed by atoms with E-state index in [-0.39, 0.29) is 10.9 Å². The average molecular weight is 346 g/mol. The molecule has 0 atom stereocenters. The SMILES string of the molecule is CCn1c(-c2ccccn2)nnc1S(=O)(=O)Cc1ccc(F)cc1. The lowest BCUT2D eigenvalue weighted by atomic mass is 10.2. The second-order valence-corrected chi connectivity index (χ2v) is 7.03. The summed E-state index contributed by atoms with van der Waals surface area (Å²) in [5.41, 5.74) is 1.04. The third kappa shape index (κ3) is 3.18. The molecule has 1 aromatic carbocycles. The number of sulfone groups is 1. The first-order valence-corrected chi connectivity index (χ1v) is 8.98. The van der Waals surface area contributed by atoms with Gasteiger partial charge in [0.2, 0.25) is 15.0 Å². The van der Waals surface area contributed by atoms with Crippen molar-refractivity contribution in [2.75, 3.05) is 0 Å². The van der Waals surface area contributed by atoms with Crippen LogP contribution in [0.5, 0.6) is 0 Å². The molecular weight excluding hydrogens is 331 g/mol. The quantitative estimate of drug-likeness (QED) is 0.709. The van der Waals surface area contributed by atoms with Crippen LogP contribution in [-0.2, 0) is 22.1 Å². The third-order valence-electron chi connectivity index (χ3n) is 3.48. The van der Waals surface area contributed by atoms with Crippen molar-refractivity contribution in [1.82, 2.24) is 19.7 Å². The molecule has 24 heavy (non-hydrogen) atoms. The molecule has 0 amide bonds. The molecule has 0 radical (unpaired) electrons. The highest BCUT2D eigenvalue weighted by molar-refractivity contribution is 7.90. The highest BCUT2D eigenvalue weighted by Gasteiger charge is 2.25. The summed E-state index contributed by atoms with van der Waals surface area (Å²) < 4.78 is 39.8. The molecule has 0 fully saturated rings. The third-order valence-corrected chi connectivity index (χ3v) is 5.05. The summed E-state index contributed by atoms with van der Waals surface area (Å²) in [5, 5.41) is 7.73. The smallest absolute Gasteiger partial charge is 0.250 e. The van der Waals surface area contributed by atoms with E-state index >= 15 is 0 Å². The Morgan fingerprint density at radius 3 is 2.46 bits per heavy atom. The van der Waals surface area contributed by atoms with Gasteiger partial charge < -0.3 is 0 Å². The van der Waals surface area contributed by atoms with Crippen LogP contribution in [0.15, 0.2) is 53.8 Å². The van der Waals surface area contributed by atoms with Crippen LogP contribution in [0.3, 0.4) is 0 Å². The molecule has 0 aliphatic heterocycles. The van der Waals surface area contributed by atoms with Gasteiger partial charge in [0.05, 0.1) is 5.75 Å². The van der Waals surface area contributed by atoms with E-state index in [0.717, 1.165) is 0 Å². The van der Waals surface area contributed by atoms with Crippen LogP contribution in [0.25, 0.3) is 11.5 Å². The van der Waals surface area contributed by atoms with Crippen molar-refractivity contribution in [3.05, 3.63) is 60.0 Å². The summed E-state index contributed by atoms with van der Waals surface area (Å²) in [5.74, 6) is -0.283. The van der Waals surface area contributed by atoms with Crippen molar-refractivity contribution in [2.24, 2.45) is 0 Å². The number of aromatic nitrogens is 4. The van der Waals surface area contributed by atoms with Crippen molar-refractivity contribution in [2.45, 2.75) is 24.4 Å². The maximum atomic E-state index is 13.0. The van der Waals surface area contributed by atoms with Gasteiger partial charge in [-0.2, -0.15) is 0 Å². The molecule has 124 valence electrons. The monoisotopic (exact) mass is 346 g/mol. The molecule has 0 aliphatic rings. The van der Waals surface area contributed by atoms with Gasteiger partial charge in [0.25, 0.3) is 0 Å². The number of benzene rings is 1. The second-order valence-electron chi connectivity index (χ2n) is 5.15. The van der Waals surface area contributed by atoms with E-state index in [2.05, 4.69) is 15.2 Å². The van der Waals surface area contributed by atoms with E-state index in [1.165, 1.54) is 28.8 Å². The van der Waals surface area contributed by atoms with Crippen LogP contribution in [0.1, 0.15) is 12.5 Å². The van der Waals surface area contributed by atoms with Gasteiger partial charge in [0.15, 0.2) is 5.82 Å². The van der Waals surface area contributed by atoms with Crippen molar-refractivity contribution in [3.8, 4) is 11.5 Å². The van der Waals surface area contributed by atoms with E-state index in [1.807, 2.05) is 6.92 Å². The molecule has 2 aromatic heterocycles. The van der Waals surface area contributed by atoms with Gasteiger partial charge in [-0.1, -0.05) is 18.2 Å². The predicted octanol–water partition coefficient (Wildman–Crippen LogP) is 2.47. The van der Waals surface area contributed by atoms with Gasteiger partial charge in [-0.05, 0) is 36.8 Å². The first-order valence-electron chi connectivity index (χ1n) is 7.33. The number of nitrogens with zero attached hydrogens (tertiary/aromatic N) is 4. The van der Waals surface area contributed by atoms with E-state index < -0.39 is 15.7 Å². The summed E-state index contributed by atoms with van der Waals surface area (Å²) in [7, 11) is -3.72. The first-order chi connectivity index (χ1) is 11.5. The van der Waals surface area contributed by atoms with Gasteiger partial charge in [0.1, 0.15) is 11.5 Å². The summed E-state index contributed by atoms with van der Waals surface area (Å²) >= 11 is 0. The van der Waals surface area contributed by atoms with Gasteiger partial charge in [0, 0.05) is 12.7 Å². The minimum absolute atomic E-state index is 0.116. The number of hydrogen-bond acceptors (Lipinski definition) is 5. The molecular formula is C16H15FN4O2S. The molecule has 6 nitrogen and oxygen atoms in total. The number of hydrogen-bond donors (Lipinski definition) is 0. The fourth-order valence-corrected chi connectivity index (χ4v) is 3.83. The maximum absolute atomic E-state index is 13.0.